The zero-order valence-corrected chi connectivity index (χ0v) is 12.2. The van der Waals surface area contributed by atoms with Crippen molar-refractivity contribution >= 4 is 21.5 Å². The topological polar surface area (TPSA) is 53.0 Å². The number of aliphatic hydroxyl groups excluding tert-OH is 2. The van der Waals surface area contributed by atoms with Crippen molar-refractivity contribution in [1.29, 1.82) is 0 Å². The molecule has 3 aromatic rings. The molecule has 1 heterocycles. The lowest BCUT2D eigenvalue weighted by Crippen LogP contribution is -2.29. The van der Waals surface area contributed by atoms with Crippen molar-refractivity contribution in [3.63, 3.8) is 0 Å². The molecule has 1 fully saturated rings. The molecule has 0 spiro atoms. The van der Waals surface area contributed by atoms with Crippen LogP contribution in [0.3, 0.4) is 0 Å². The first-order chi connectivity index (χ1) is 10.7. The SMILES string of the molecule is Cc1cc2c(c3ccc4ccccc4c13)[C@@H]1O[C@@H]1[C@H](O)[C@H]2O. The molecule has 2 aliphatic rings. The molecule has 2 N–H and O–H groups in total. The molecule has 3 heteroatoms. The minimum Gasteiger partial charge on any atom is -0.387 e. The van der Waals surface area contributed by atoms with Crippen LogP contribution in [0.15, 0.2) is 42.5 Å². The van der Waals surface area contributed by atoms with Gasteiger partial charge in [0.1, 0.15) is 24.4 Å². The zero-order valence-electron chi connectivity index (χ0n) is 12.2. The van der Waals surface area contributed by atoms with Crippen molar-refractivity contribution < 1.29 is 14.9 Å². The molecule has 0 aromatic heterocycles. The van der Waals surface area contributed by atoms with Crippen LogP contribution in [0, 0.1) is 6.92 Å². The number of fused-ring (bicyclic) bond motifs is 7. The Kier molecular flexibility index (Phi) is 2.33. The summed E-state index contributed by atoms with van der Waals surface area (Å²) in [5, 5.41) is 25.3. The van der Waals surface area contributed by atoms with Crippen LogP contribution in [0.2, 0.25) is 0 Å². The minimum atomic E-state index is -0.867. The third kappa shape index (κ3) is 1.46. The summed E-state index contributed by atoms with van der Waals surface area (Å²) in [4.78, 5) is 0. The Morgan fingerprint density at radius 3 is 2.68 bits per heavy atom. The third-order valence-electron chi connectivity index (χ3n) is 5.09. The molecule has 110 valence electrons. The average Bonchev–Trinajstić information content (AvgIpc) is 3.32. The van der Waals surface area contributed by atoms with Gasteiger partial charge in [-0.15, -0.1) is 0 Å². The zero-order chi connectivity index (χ0) is 15.0. The van der Waals surface area contributed by atoms with Crippen LogP contribution in [0.4, 0.5) is 0 Å². The van der Waals surface area contributed by atoms with Crippen LogP contribution in [0.5, 0.6) is 0 Å². The fraction of sp³-hybridized carbons (Fsp3) is 0.263. The lowest BCUT2D eigenvalue weighted by molar-refractivity contribution is 0.0000809. The van der Waals surface area contributed by atoms with Crippen molar-refractivity contribution in [1.82, 2.24) is 0 Å². The van der Waals surface area contributed by atoms with E-state index in [-0.39, 0.29) is 12.2 Å². The van der Waals surface area contributed by atoms with Crippen molar-refractivity contribution in [3.05, 3.63) is 59.2 Å². The van der Waals surface area contributed by atoms with Crippen LogP contribution in [-0.2, 0) is 4.74 Å². The van der Waals surface area contributed by atoms with Crippen molar-refractivity contribution in [2.45, 2.75) is 31.3 Å². The lowest BCUT2D eigenvalue weighted by atomic mass is 9.82. The van der Waals surface area contributed by atoms with Gasteiger partial charge in [0.2, 0.25) is 0 Å². The molecule has 3 aromatic carbocycles. The van der Waals surface area contributed by atoms with Gasteiger partial charge < -0.3 is 14.9 Å². The van der Waals surface area contributed by atoms with Crippen molar-refractivity contribution in [2.75, 3.05) is 0 Å². The second kappa shape index (κ2) is 4.07. The van der Waals surface area contributed by atoms with Crippen LogP contribution in [0.25, 0.3) is 21.5 Å². The molecule has 1 aliphatic carbocycles. The molecule has 1 aliphatic heterocycles. The van der Waals surface area contributed by atoms with E-state index in [1.54, 1.807) is 0 Å². The van der Waals surface area contributed by atoms with Gasteiger partial charge in [0.25, 0.3) is 0 Å². The van der Waals surface area contributed by atoms with Gasteiger partial charge in [0.15, 0.2) is 0 Å². The Hall–Kier alpha value is -1.94. The number of hydrogen-bond acceptors (Lipinski definition) is 3. The van der Waals surface area contributed by atoms with Gasteiger partial charge >= 0.3 is 0 Å². The summed E-state index contributed by atoms with van der Waals surface area (Å²) in [7, 11) is 0. The van der Waals surface area contributed by atoms with E-state index in [2.05, 4.69) is 37.3 Å². The highest BCUT2D eigenvalue weighted by molar-refractivity contribution is 6.10. The predicted octanol–water partition coefficient (Wildman–Crippen LogP) is 3.15. The molecule has 5 rings (SSSR count). The number of ether oxygens (including phenoxy) is 1. The molecule has 0 amide bonds. The highest BCUT2D eigenvalue weighted by Crippen LogP contribution is 2.53. The molecule has 0 unspecified atom stereocenters. The minimum absolute atomic E-state index is 0.0855. The Morgan fingerprint density at radius 2 is 1.82 bits per heavy atom. The Balaban J connectivity index is 1.94. The third-order valence-corrected chi connectivity index (χ3v) is 5.09. The van der Waals surface area contributed by atoms with E-state index in [1.165, 1.54) is 16.2 Å². The summed E-state index contributed by atoms with van der Waals surface area (Å²) in [5.41, 5.74) is 2.98. The standard InChI is InChI=1S/C19H16O3/c1-9-8-13-15(18-19(22-18)17(21)16(13)20)12-7-6-10-4-2-3-5-11(10)14(9)12/h2-8,16-21H,1H3/t16-,17+,18-,19+/m0/s1. The largest absolute Gasteiger partial charge is 0.387 e. The number of aliphatic hydroxyl groups is 2. The summed E-state index contributed by atoms with van der Waals surface area (Å²) >= 11 is 0. The predicted molar refractivity (Wildman–Crippen MR) is 84.8 cm³/mol. The normalized spacial score (nSPS) is 29.4. The van der Waals surface area contributed by atoms with Crippen molar-refractivity contribution in [3.8, 4) is 0 Å². The molecule has 4 atom stereocenters. The lowest BCUT2D eigenvalue weighted by Gasteiger charge is -2.25. The molecule has 1 saturated heterocycles. The Morgan fingerprint density at radius 1 is 1.00 bits per heavy atom. The van der Waals surface area contributed by atoms with Crippen molar-refractivity contribution in [2.24, 2.45) is 0 Å². The fourth-order valence-electron chi connectivity index (χ4n) is 4.00. The second-order valence-electron chi connectivity index (χ2n) is 6.36. The second-order valence-corrected chi connectivity index (χ2v) is 6.36. The van der Waals surface area contributed by atoms with Crippen LogP contribution >= 0.6 is 0 Å². The van der Waals surface area contributed by atoms with Crippen LogP contribution < -0.4 is 0 Å². The van der Waals surface area contributed by atoms with E-state index in [1.807, 2.05) is 12.1 Å². The van der Waals surface area contributed by atoms with Crippen LogP contribution in [-0.4, -0.2) is 22.4 Å². The molecular weight excluding hydrogens is 276 g/mol. The first kappa shape index (κ1) is 12.6. The molecule has 0 radical (unpaired) electrons. The Labute approximate surface area is 127 Å². The number of aryl methyl sites for hydroxylation is 1. The fourth-order valence-corrected chi connectivity index (χ4v) is 4.00. The first-order valence-corrected chi connectivity index (χ1v) is 7.63. The van der Waals surface area contributed by atoms with Gasteiger partial charge in [-0.25, -0.2) is 0 Å². The van der Waals surface area contributed by atoms with E-state index in [4.69, 9.17) is 4.74 Å². The maximum absolute atomic E-state index is 10.4. The molecule has 0 bridgehead atoms. The molecule has 3 nitrogen and oxygen atoms in total. The van der Waals surface area contributed by atoms with E-state index < -0.39 is 12.2 Å². The average molecular weight is 292 g/mol. The van der Waals surface area contributed by atoms with E-state index in [0.29, 0.717) is 0 Å². The van der Waals surface area contributed by atoms with Crippen LogP contribution in [0.1, 0.15) is 28.9 Å². The Bertz CT molecular complexity index is 931. The highest BCUT2D eigenvalue weighted by atomic mass is 16.6. The van der Waals surface area contributed by atoms with Gasteiger partial charge in [-0.05, 0) is 45.2 Å². The number of benzene rings is 3. The van der Waals surface area contributed by atoms with Gasteiger partial charge in [-0.2, -0.15) is 0 Å². The molecular formula is C19H16O3. The van der Waals surface area contributed by atoms with Gasteiger partial charge in [0.05, 0.1) is 0 Å². The number of epoxide rings is 1. The maximum Gasteiger partial charge on any atom is 0.118 e. The number of hydrogen-bond donors (Lipinski definition) is 2. The van der Waals surface area contributed by atoms with Gasteiger partial charge in [0, 0.05) is 0 Å². The maximum atomic E-state index is 10.4. The van der Waals surface area contributed by atoms with E-state index in [9.17, 15) is 10.2 Å². The van der Waals surface area contributed by atoms with Gasteiger partial charge in [-0.3, -0.25) is 0 Å². The summed E-state index contributed by atoms with van der Waals surface area (Å²) < 4.78 is 5.64. The summed E-state index contributed by atoms with van der Waals surface area (Å²) in [6.07, 6.45) is -2.04. The smallest absolute Gasteiger partial charge is 0.118 e. The van der Waals surface area contributed by atoms with E-state index >= 15 is 0 Å². The van der Waals surface area contributed by atoms with Gasteiger partial charge in [-0.1, -0.05) is 42.5 Å². The molecule has 22 heavy (non-hydrogen) atoms. The van der Waals surface area contributed by atoms with E-state index in [0.717, 1.165) is 22.1 Å². The highest BCUT2D eigenvalue weighted by Gasteiger charge is 2.54. The quantitative estimate of drug-likeness (QED) is 0.494. The molecule has 0 saturated carbocycles. The summed E-state index contributed by atoms with van der Waals surface area (Å²) in [5.74, 6) is 0. The summed E-state index contributed by atoms with van der Waals surface area (Å²) in [6.45, 7) is 2.06. The number of rotatable bonds is 0. The monoisotopic (exact) mass is 292 g/mol. The first-order valence-electron chi connectivity index (χ1n) is 7.63. The summed E-state index contributed by atoms with van der Waals surface area (Å²) in [6, 6.07) is 14.6.